The van der Waals surface area contributed by atoms with Crippen LogP contribution in [0.1, 0.15) is 21.9 Å². The summed E-state index contributed by atoms with van der Waals surface area (Å²) in [5.41, 5.74) is 0.739. The smallest absolute Gasteiger partial charge is 0.340 e. The van der Waals surface area contributed by atoms with Crippen molar-refractivity contribution in [3.63, 3.8) is 0 Å². The van der Waals surface area contributed by atoms with Gasteiger partial charge in [0.2, 0.25) is 0 Å². The van der Waals surface area contributed by atoms with Crippen molar-refractivity contribution < 1.29 is 9.90 Å². The normalized spacial score (nSPS) is 10.6. The third-order valence-corrected chi connectivity index (χ3v) is 4.97. The Morgan fingerprint density at radius 2 is 1.76 bits per heavy atom. The molecule has 0 aliphatic heterocycles. The van der Waals surface area contributed by atoms with Gasteiger partial charge >= 0.3 is 5.97 Å². The van der Waals surface area contributed by atoms with Crippen molar-refractivity contribution in [3.8, 4) is 0 Å². The average molecular weight is 320 g/mol. The monoisotopic (exact) mass is 320 g/mol. The molecule has 0 aliphatic rings. The molecular weight excluding hydrogens is 304 g/mol. The fraction of sp³-hybridized carbons (Fsp3) is 0.267. The van der Waals surface area contributed by atoms with E-state index in [1.807, 2.05) is 18.2 Å². The highest BCUT2D eigenvalue weighted by molar-refractivity contribution is 8.03. The van der Waals surface area contributed by atoms with Gasteiger partial charge in [0.25, 0.3) is 0 Å². The SMILES string of the molecule is Cc1nc(C)c(C(=O)O)c(SCCSc2ccccc2)n1. The summed E-state index contributed by atoms with van der Waals surface area (Å²) in [6.07, 6.45) is 0. The van der Waals surface area contributed by atoms with Crippen LogP contribution in [0.4, 0.5) is 0 Å². The van der Waals surface area contributed by atoms with E-state index in [0.29, 0.717) is 16.5 Å². The van der Waals surface area contributed by atoms with E-state index < -0.39 is 5.97 Å². The molecule has 0 bridgehead atoms. The average Bonchev–Trinajstić information content (AvgIpc) is 2.43. The lowest BCUT2D eigenvalue weighted by atomic mass is 10.2. The standard InChI is InChI=1S/C15H16N2O2S2/c1-10-13(15(18)19)14(17-11(2)16-10)21-9-8-20-12-6-4-3-5-7-12/h3-7H,8-9H2,1-2H3,(H,18,19). The van der Waals surface area contributed by atoms with Gasteiger partial charge in [0.1, 0.15) is 16.4 Å². The van der Waals surface area contributed by atoms with E-state index in [9.17, 15) is 9.90 Å². The molecule has 0 unspecified atom stereocenters. The molecule has 0 saturated heterocycles. The van der Waals surface area contributed by atoms with Crippen molar-refractivity contribution in [3.05, 3.63) is 47.4 Å². The molecule has 0 amide bonds. The van der Waals surface area contributed by atoms with Gasteiger partial charge in [-0.1, -0.05) is 18.2 Å². The molecule has 21 heavy (non-hydrogen) atoms. The van der Waals surface area contributed by atoms with Gasteiger partial charge in [-0.15, -0.1) is 23.5 Å². The Morgan fingerprint density at radius 3 is 2.43 bits per heavy atom. The fourth-order valence-electron chi connectivity index (χ4n) is 1.85. The number of benzene rings is 1. The second-order valence-electron chi connectivity index (χ2n) is 4.35. The summed E-state index contributed by atoms with van der Waals surface area (Å²) in [6, 6.07) is 10.1. The number of hydrogen-bond donors (Lipinski definition) is 1. The Bertz CT molecular complexity index is 633. The molecule has 1 aromatic heterocycles. The van der Waals surface area contributed by atoms with E-state index in [0.717, 1.165) is 11.5 Å². The molecule has 1 heterocycles. The lowest BCUT2D eigenvalue weighted by Crippen LogP contribution is -2.08. The van der Waals surface area contributed by atoms with Crippen LogP contribution in [0, 0.1) is 13.8 Å². The summed E-state index contributed by atoms with van der Waals surface area (Å²) in [5.74, 6) is 1.34. The first kappa shape index (κ1) is 15.9. The molecule has 0 atom stereocenters. The molecule has 0 saturated carbocycles. The molecule has 6 heteroatoms. The van der Waals surface area contributed by atoms with Gasteiger partial charge < -0.3 is 5.11 Å². The topological polar surface area (TPSA) is 63.1 Å². The van der Waals surface area contributed by atoms with Crippen LogP contribution in [-0.2, 0) is 0 Å². The molecule has 0 radical (unpaired) electrons. The van der Waals surface area contributed by atoms with Crippen LogP contribution in [-0.4, -0.2) is 32.5 Å². The Morgan fingerprint density at radius 1 is 1.10 bits per heavy atom. The number of aromatic carboxylic acids is 1. The minimum absolute atomic E-state index is 0.218. The molecule has 1 aromatic carbocycles. The fourth-order valence-corrected chi connectivity index (χ4v) is 3.87. The van der Waals surface area contributed by atoms with Gasteiger partial charge in [-0.05, 0) is 26.0 Å². The maximum atomic E-state index is 11.3. The molecule has 4 nitrogen and oxygen atoms in total. The first-order valence-electron chi connectivity index (χ1n) is 6.47. The second-order valence-corrected chi connectivity index (χ2v) is 6.60. The highest BCUT2D eigenvalue weighted by atomic mass is 32.2. The van der Waals surface area contributed by atoms with Crippen LogP contribution in [0.2, 0.25) is 0 Å². The van der Waals surface area contributed by atoms with Crippen molar-refractivity contribution in [2.45, 2.75) is 23.8 Å². The number of carbonyl (C=O) groups is 1. The number of rotatable bonds is 6. The number of carboxylic acid groups (broad SMARTS) is 1. The summed E-state index contributed by atoms with van der Waals surface area (Å²) in [5, 5.41) is 9.83. The molecule has 1 N–H and O–H groups in total. The van der Waals surface area contributed by atoms with Gasteiger partial charge in [0.05, 0.1) is 5.69 Å². The van der Waals surface area contributed by atoms with Gasteiger partial charge in [-0.25, -0.2) is 14.8 Å². The van der Waals surface area contributed by atoms with E-state index in [-0.39, 0.29) is 5.56 Å². The van der Waals surface area contributed by atoms with Crippen molar-refractivity contribution in [1.82, 2.24) is 9.97 Å². The minimum atomic E-state index is -0.967. The number of aryl methyl sites for hydroxylation is 2. The maximum absolute atomic E-state index is 11.3. The molecule has 2 aromatic rings. The zero-order chi connectivity index (χ0) is 15.2. The van der Waals surface area contributed by atoms with Gasteiger partial charge in [0, 0.05) is 16.4 Å². The predicted octanol–water partition coefficient (Wildman–Crippen LogP) is 3.68. The van der Waals surface area contributed by atoms with E-state index in [4.69, 9.17) is 0 Å². The molecule has 110 valence electrons. The first-order chi connectivity index (χ1) is 10.1. The van der Waals surface area contributed by atoms with E-state index in [1.165, 1.54) is 16.7 Å². The Labute approximate surface area is 132 Å². The molecule has 0 spiro atoms. The van der Waals surface area contributed by atoms with Crippen molar-refractivity contribution in [2.75, 3.05) is 11.5 Å². The van der Waals surface area contributed by atoms with Crippen molar-refractivity contribution in [1.29, 1.82) is 0 Å². The summed E-state index contributed by atoms with van der Waals surface area (Å²) >= 11 is 3.22. The number of aromatic nitrogens is 2. The largest absolute Gasteiger partial charge is 0.478 e. The molecular formula is C15H16N2O2S2. The summed E-state index contributed by atoms with van der Waals surface area (Å²) in [4.78, 5) is 20.9. The number of nitrogens with zero attached hydrogens (tertiary/aromatic N) is 2. The quantitative estimate of drug-likeness (QED) is 0.498. The molecule has 0 fully saturated rings. The Kier molecular flexibility index (Phi) is 5.64. The second kappa shape index (κ2) is 7.47. The summed E-state index contributed by atoms with van der Waals surface area (Å²) in [6.45, 7) is 3.49. The van der Waals surface area contributed by atoms with Crippen LogP contribution in [0.25, 0.3) is 0 Å². The van der Waals surface area contributed by atoms with Gasteiger partial charge in [-0.2, -0.15) is 0 Å². The minimum Gasteiger partial charge on any atom is -0.478 e. The Balaban J connectivity index is 1.98. The third kappa shape index (κ3) is 4.47. The number of carboxylic acids is 1. The highest BCUT2D eigenvalue weighted by Gasteiger charge is 2.17. The number of thioether (sulfide) groups is 2. The lowest BCUT2D eigenvalue weighted by molar-refractivity contribution is 0.0690. The summed E-state index contributed by atoms with van der Waals surface area (Å²) in [7, 11) is 0. The van der Waals surface area contributed by atoms with Crippen LogP contribution in [0.5, 0.6) is 0 Å². The van der Waals surface area contributed by atoms with Crippen LogP contribution >= 0.6 is 23.5 Å². The predicted molar refractivity (Wildman–Crippen MR) is 86.4 cm³/mol. The van der Waals surface area contributed by atoms with Gasteiger partial charge in [-0.3, -0.25) is 0 Å². The molecule has 2 rings (SSSR count). The highest BCUT2D eigenvalue weighted by Crippen LogP contribution is 2.25. The lowest BCUT2D eigenvalue weighted by Gasteiger charge is -2.08. The first-order valence-corrected chi connectivity index (χ1v) is 8.44. The van der Waals surface area contributed by atoms with E-state index in [1.54, 1.807) is 25.6 Å². The van der Waals surface area contributed by atoms with E-state index in [2.05, 4.69) is 22.1 Å². The summed E-state index contributed by atoms with van der Waals surface area (Å²) < 4.78 is 0. The van der Waals surface area contributed by atoms with Gasteiger partial charge in [0.15, 0.2) is 0 Å². The van der Waals surface area contributed by atoms with Crippen molar-refractivity contribution in [2.24, 2.45) is 0 Å². The number of hydrogen-bond acceptors (Lipinski definition) is 5. The van der Waals surface area contributed by atoms with E-state index >= 15 is 0 Å². The van der Waals surface area contributed by atoms with Crippen LogP contribution in [0.15, 0.2) is 40.3 Å². The zero-order valence-corrected chi connectivity index (χ0v) is 13.5. The third-order valence-electron chi connectivity index (χ3n) is 2.72. The van der Waals surface area contributed by atoms with Crippen LogP contribution < -0.4 is 0 Å². The Hall–Kier alpha value is -1.53. The zero-order valence-electron chi connectivity index (χ0n) is 11.9. The van der Waals surface area contributed by atoms with Crippen molar-refractivity contribution >= 4 is 29.5 Å². The van der Waals surface area contributed by atoms with Crippen LogP contribution in [0.3, 0.4) is 0 Å². The molecule has 0 aliphatic carbocycles. The maximum Gasteiger partial charge on any atom is 0.340 e.